The maximum atomic E-state index is 12.3. The number of carbonyl (C=O) groups excluding carboxylic acids is 1. The summed E-state index contributed by atoms with van der Waals surface area (Å²) >= 11 is 5.88. The molecule has 4 nitrogen and oxygen atoms in total. The van der Waals surface area contributed by atoms with Crippen LogP contribution >= 0.6 is 11.6 Å². The molecule has 0 spiro atoms. The summed E-state index contributed by atoms with van der Waals surface area (Å²) in [5.41, 5.74) is 5.56. The molecule has 0 aliphatic carbocycles. The molecule has 0 unspecified atom stereocenters. The molecule has 2 heterocycles. The van der Waals surface area contributed by atoms with Crippen LogP contribution in [0, 0.1) is 6.92 Å². The highest BCUT2D eigenvalue weighted by molar-refractivity contribution is 6.30. The van der Waals surface area contributed by atoms with Gasteiger partial charge in [-0.2, -0.15) is 0 Å². The number of carbonyl (C=O) groups is 1. The van der Waals surface area contributed by atoms with Crippen LogP contribution in [-0.2, 0) is 11.2 Å². The Bertz CT molecular complexity index is 1120. The summed E-state index contributed by atoms with van der Waals surface area (Å²) in [4.78, 5) is 17.1. The molecule has 4 rings (SSSR count). The number of amides is 1. The monoisotopic (exact) mass is 375 g/mol. The number of aromatic nitrogens is 2. The number of nitrogens with zero attached hydrogens (tertiary/aromatic N) is 2. The number of aryl methyl sites for hydroxylation is 1. The molecule has 0 radical (unpaired) electrons. The Kier molecular flexibility index (Phi) is 4.65. The number of pyridine rings is 1. The summed E-state index contributed by atoms with van der Waals surface area (Å²) in [5.74, 6) is -0.0691. The average molecular weight is 376 g/mol. The molecule has 2 aromatic carbocycles. The molecule has 0 aliphatic rings. The van der Waals surface area contributed by atoms with E-state index in [1.807, 2.05) is 72.2 Å². The van der Waals surface area contributed by atoms with Crippen molar-refractivity contribution in [2.24, 2.45) is 0 Å². The van der Waals surface area contributed by atoms with Gasteiger partial charge in [0.15, 0.2) is 0 Å². The SMILES string of the molecule is Cc1cccn2cc(-c3cccc(NC(=O)Cc4ccc(Cl)cc4)c3)nc12. The molecule has 4 aromatic rings. The first kappa shape index (κ1) is 17.3. The Morgan fingerprint density at radius 1 is 1.11 bits per heavy atom. The van der Waals surface area contributed by atoms with Gasteiger partial charge in [-0.05, 0) is 48.4 Å². The molecule has 0 aliphatic heterocycles. The third-order valence-corrected chi connectivity index (χ3v) is 4.65. The zero-order chi connectivity index (χ0) is 18.8. The molecule has 0 saturated heterocycles. The van der Waals surface area contributed by atoms with Crippen LogP contribution in [0.5, 0.6) is 0 Å². The van der Waals surface area contributed by atoms with Crippen molar-refractivity contribution in [3.63, 3.8) is 0 Å². The molecule has 1 N–H and O–H groups in total. The first-order chi connectivity index (χ1) is 13.1. The molecule has 0 fully saturated rings. The molecular formula is C22H18ClN3O. The van der Waals surface area contributed by atoms with Crippen molar-refractivity contribution in [3.05, 3.63) is 89.2 Å². The van der Waals surface area contributed by atoms with Crippen LogP contribution in [0.4, 0.5) is 5.69 Å². The van der Waals surface area contributed by atoms with Gasteiger partial charge in [-0.15, -0.1) is 0 Å². The second-order valence-corrected chi connectivity index (χ2v) is 6.92. The fraction of sp³-hybridized carbons (Fsp3) is 0.0909. The number of rotatable bonds is 4. The lowest BCUT2D eigenvalue weighted by Crippen LogP contribution is -2.14. The minimum Gasteiger partial charge on any atom is -0.326 e. The van der Waals surface area contributed by atoms with Gasteiger partial charge in [0.25, 0.3) is 0 Å². The van der Waals surface area contributed by atoms with E-state index in [1.165, 1.54) is 0 Å². The normalized spacial score (nSPS) is 10.9. The summed E-state index contributed by atoms with van der Waals surface area (Å²) in [6.45, 7) is 2.04. The fourth-order valence-corrected chi connectivity index (χ4v) is 3.17. The number of hydrogen-bond donors (Lipinski definition) is 1. The first-order valence-electron chi connectivity index (χ1n) is 8.67. The lowest BCUT2D eigenvalue weighted by Gasteiger charge is -2.07. The summed E-state index contributed by atoms with van der Waals surface area (Å²) in [7, 11) is 0. The van der Waals surface area contributed by atoms with Crippen molar-refractivity contribution in [1.82, 2.24) is 9.38 Å². The highest BCUT2D eigenvalue weighted by Gasteiger charge is 2.09. The van der Waals surface area contributed by atoms with Gasteiger partial charge < -0.3 is 9.72 Å². The third kappa shape index (κ3) is 3.86. The molecule has 0 atom stereocenters. The summed E-state index contributed by atoms with van der Waals surface area (Å²) in [6.07, 6.45) is 4.28. The van der Waals surface area contributed by atoms with E-state index in [2.05, 4.69) is 5.32 Å². The largest absolute Gasteiger partial charge is 0.326 e. The molecule has 1 amide bonds. The maximum Gasteiger partial charge on any atom is 0.228 e. The van der Waals surface area contributed by atoms with Crippen LogP contribution in [0.15, 0.2) is 73.1 Å². The Labute approximate surface area is 162 Å². The van der Waals surface area contributed by atoms with E-state index in [-0.39, 0.29) is 5.91 Å². The van der Waals surface area contributed by atoms with E-state index in [1.54, 1.807) is 12.1 Å². The van der Waals surface area contributed by atoms with Gasteiger partial charge in [0.1, 0.15) is 5.65 Å². The predicted octanol–water partition coefficient (Wildman–Crippen LogP) is 5.14. The zero-order valence-corrected chi connectivity index (χ0v) is 15.6. The van der Waals surface area contributed by atoms with Crippen molar-refractivity contribution in [1.29, 1.82) is 0 Å². The lowest BCUT2D eigenvalue weighted by molar-refractivity contribution is -0.115. The molecule has 134 valence electrons. The van der Waals surface area contributed by atoms with Crippen LogP contribution in [0.1, 0.15) is 11.1 Å². The topological polar surface area (TPSA) is 46.4 Å². The molecular weight excluding hydrogens is 358 g/mol. The molecule has 2 aromatic heterocycles. The quantitative estimate of drug-likeness (QED) is 0.536. The Morgan fingerprint density at radius 3 is 2.70 bits per heavy atom. The average Bonchev–Trinajstić information content (AvgIpc) is 3.10. The maximum absolute atomic E-state index is 12.3. The number of fused-ring (bicyclic) bond motifs is 1. The second-order valence-electron chi connectivity index (χ2n) is 6.48. The van der Waals surface area contributed by atoms with E-state index in [0.717, 1.165) is 33.7 Å². The minimum atomic E-state index is -0.0691. The molecule has 5 heteroatoms. The molecule has 0 saturated carbocycles. The van der Waals surface area contributed by atoms with Crippen molar-refractivity contribution >= 4 is 28.8 Å². The van der Waals surface area contributed by atoms with Crippen LogP contribution in [0.2, 0.25) is 5.02 Å². The van der Waals surface area contributed by atoms with Gasteiger partial charge in [0, 0.05) is 28.7 Å². The van der Waals surface area contributed by atoms with Gasteiger partial charge in [-0.1, -0.05) is 41.9 Å². The summed E-state index contributed by atoms with van der Waals surface area (Å²) in [5, 5.41) is 3.62. The van der Waals surface area contributed by atoms with Crippen molar-refractivity contribution in [3.8, 4) is 11.3 Å². The van der Waals surface area contributed by atoms with Gasteiger partial charge in [0.2, 0.25) is 5.91 Å². The van der Waals surface area contributed by atoms with E-state index < -0.39 is 0 Å². The van der Waals surface area contributed by atoms with Crippen LogP contribution in [0.25, 0.3) is 16.9 Å². The van der Waals surface area contributed by atoms with Crippen molar-refractivity contribution in [2.45, 2.75) is 13.3 Å². The zero-order valence-electron chi connectivity index (χ0n) is 14.8. The third-order valence-electron chi connectivity index (χ3n) is 4.40. The van der Waals surface area contributed by atoms with E-state index >= 15 is 0 Å². The molecule has 27 heavy (non-hydrogen) atoms. The van der Waals surface area contributed by atoms with Gasteiger partial charge in [-0.25, -0.2) is 4.98 Å². The number of imidazole rings is 1. The van der Waals surface area contributed by atoms with E-state index in [4.69, 9.17) is 16.6 Å². The number of anilines is 1. The van der Waals surface area contributed by atoms with Crippen LogP contribution < -0.4 is 5.32 Å². The molecule has 0 bridgehead atoms. The first-order valence-corrected chi connectivity index (χ1v) is 9.05. The van der Waals surface area contributed by atoms with Crippen LogP contribution in [-0.4, -0.2) is 15.3 Å². The van der Waals surface area contributed by atoms with E-state index in [0.29, 0.717) is 11.4 Å². The summed E-state index contributed by atoms with van der Waals surface area (Å²) < 4.78 is 2.01. The predicted molar refractivity (Wildman–Crippen MR) is 109 cm³/mol. The standard InChI is InChI=1S/C22H18ClN3O/c1-15-4-3-11-26-14-20(25-22(15)26)17-5-2-6-19(13-17)24-21(27)12-16-7-9-18(23)10-8-16/h2-11,13-14H,12H2,1H3,(H,24,27). The number of benzene rings is 2. The number of hydrogen-bond acceptors (Lipinski definition) is 2. The number of nitrogens with one attached hydrogen (secondary N) is 1. The van der Waals surface area contributed by atoms with Gasteiger partial charge in [-0.3, -0.25) is 4.79 Å². The Balaban J connectivity index is 1.54. The fourth-order valence-electron chi connectivity index (χ4n) is 3.04. The van der Waals surface area contributed by atoms with Crippen LogP contribution in [0.3, 0.4) is 0 Å². The summed E-state index contributed by atoms with van der Waals surface area (Å²) in [6, 6.07) is 19.1. The lowest BCUT2D eigenvalue weighted by atomic mass is 10.1. The van der Waals surface area contributed by atoms with Crippen molar-refractivity contribution in [2.75, 3.05) is 5.32 Å². The highest BCUT2D eigenvalue weighted by atomic mass is 35.5. The Hall–Kier alpha value is -3.11. The highest BCUT2D eigenvalue weighted by Crippen LogP contribution is 2.23. The van der Waals surface area contributed by atoms with Crippen molar-refractivity contribution < 1.29 is 4.79 Å². The Morgan fingerprint density at radius 2 is 1.93 bits per heavy atom. The van der Waals surface area contributed by atoms with Gasteiger partial charge >= 0.3 is 0 Å². The van der Waals surface area contributed by atoms with E-state index in [9.17, 15) is 4.79 Å². The minimum absolute atomic E-state index is 0.0691. The smallest absolute Gasteiger partial charge is 0.228 e. The number of halogens is 1. The van der Waals surface area contributed by atoms with Gasteiger partial charge in [0.05, 0.1) is 12.1 Å². The second kappa shape index (κ2) is 7.25.